The molecule has 1 N–H and O–H groups in total. The van der Waals surface area contributed by atoms with E-state index in [1.165, 1.54) is 6.08 Å². The molecule has 5 heteroatoms. The molecule has 2 aromatic rings. The third-order valence-corrected chi connectivity index (χ3v) is 2.85. The van der Waals surface area contributed by atoms with E-state index in [-0.39, 0.29) is 6.61 Å². The lowest BCUT2D eigenvalue weighted by Crippen LogP contribution is -2.20. The molecular formula is C19H19NO4. The molecule has 124 valence electrons. The Morgan fingerprint density at radius 2 is 1.71 bits per heavy atom. The van der Waals surface area contributed by atoms with E-state index in [1.807, 2.05) is 30.3 Å². The number of ether oxygens (including phenoxy) is 2. The third-order valence-electron chi connectivity index (χ3n) is 2.85. The maximum absolute atomic E-state index is 11.8. The predicted octanol–water partition coefficient (Wildman–Crippen LogP) is 3.93. The van der Waals surface area contributed by atoms with Gasteiger partial charge >= 0.3 is 5.97 Å². The Labute approximate surface area is 140 Å². The van der Waals surface area contributed by atoms with E-state index in [0.29, 0.717) is 17.2 Å². The molecule has 0 atom stereocenters. The second-order valence-corrected chi connectivity index (χ2v) is 5.32. The van der Waals surface area contributed by atoms with Gasteiger partial charge in [0, 0.05) is 17.8 Å². The van der Waals surface area contributed by atoms with Crippen molar-refractivity contribution in [3.8, 4) is 11.5 Å². The van der Waals surface area contributed by atoms with E-state index in [2.05, 4.69) is 5.32 Å². The van der Waals surface area contributed by atoms with E-state index in [1.54, 1.807) is 38.1 Å². The quantitative estimate of drug-likeness (QED) is 0.645. The molecule has 0 aliphatic carbocycles. The average Bonchev–Trinajstić information content (AvgIpc) is 2.54. The molecule has 0 aliphatic rings. The molecule has 24 heavy (non-hydrogen) atoms. The van der Waals surface area contributed by atoms with Crippen LogP contribution in [0.25, 0.3) is 0 Å². The summed E-state index contributed by atoms with van der Waals surface area (Å²) in [4.78, 5) is 23.2. The molecule has 0 radical (unpaired) electrons. The van der Waals surface area contributed by atoms with Crippen LogP contribution in [0.15, 0.2) is 66.2 Å². The van der Waals surface area contributed by atoms with Crippen molar-refractivity contribution in [2.24, 2.45) is 0 Å². The van der Waals surface area contributed by atoms with Crippen molar-refractivity contribution in [2.75, 3.05) is 11.9 Å². The Hall–Kier alpha value is -3.08. The van der Waals surface area contributed by atoms with Crippen molar-refractivity contribution in [1.82, 2.24) is 0 Å². The zero-order chi connectivity index (χ0) is 17.4. The van der Waals surface area contributed by atoms with Gasteiger partial charge < -0.3 is 14.8 Å². The van der Waals surface area contributed by atoms with Crippen LogP contribution in [0.5, 0.6) is 11.5 Å². The second-order valence-electron chi connectivity index (χ2n) is 5.32. The van der Waals surface area contributed by atoms with Gasteiger partial charge in [-0.25, -0.2) is 4.79 Å². The molecule has 2 aromatic carbocycles. The third kappa shape index (κ3) is 5.96. The summed E-state index contributed by atoms with van der Waals surface area (Å²) in [6, 6.07) is 16.3. The van der Waals surface area contributed by atoms with Crippen LogP contribution in [-0.2, 0) is 14.3 Å². The van der Waals surface area contributed by atoms with Gasteiger partial charge in [0.1, 0.15) is 11.5 Å². The van der Waals surface area contributed by atoms with E-state index in [9.17, 15) is 9.59 Å². The van der Waals surface area contributed by atoms with E-state index >= 15 is 0 Å². The number of nitrogens with one attached hydrogen (secondary N) is 1. The topological polar surface area (TPSA) is 64.6 Å². The fourth-order valence-electron chi connectivity index (χ4n) is 1.87. The number of para-hydroxylation sites is 1. The Morgan fingerprint density at radius 3 is 2.42 bits per heavy atom. The van der Waals surface area contributed by atoms with Crippen LogP contribution >= 0.6 is 0 Å². The first-order chi connectivity index (χ1) is 11.5. The summed E-state index contributed by atoms with van der Waals surface area (Å²) >= 11 is 0. The Bertz CT molecular complexity index is 734. The molecule has 0 spiro atoms. The van der Waals surface area contributed by atoms with Crippen molar-refractivity contribution >= 4 is 17.6 Å². The molecule has 0 heterocycles. The summed E-state index contributed by atoms with van der Waals surface area (Å²) in [6.07, 6.45) is 1.33. The van der Waals surface area contributed by atoms with Gasteiger partial charge in [-0.3, -0.25) is 4.79 Å². The summed E-state index contributed by atoms with van der Waals surface area (Å²) in [6.45, 7) is 3.21. The van der Waals surface area contributed by atoms with Crippen LogP contribution in [0.4, 0.5) is 5.69 Å². The van der Waals surface area contributed by atoms with Gasteiger partial charge in [-0.05, 0) is 38.1 Å². The summed E-state index contributed by atoms with van der Waals surface area (Å²) in [7, 11) is 0. The standard InChI is InChI=1S/C19H19NO4/c1-14(2)11-19(22)23-13-18(21)20-15-7-6-10-17(12-15)24-16-8-4-3-5-9-16/h3-12H,13H2,1-2H3,(H,20,21). The molecule has 0 fully saturated rings. The number of amides is 1. The molecule has 5 nitrogen and oxygen atoms in total. The summed E-state index contributed by atoms with van der Waals surface area (Å²) in [5, 5.41) is 2.66. The highest BCUT2D eigenvalue weighted by Gasteiger charge is 2.07. The summed E-state index contributed by atoms with van der Waals surface area (Å²) in [5.74, 6) is 0.353. The number of allylic oxidation sites excluding steroid dienone is 1. The van der Waals surface area contributed by atoms with E-state index < -0.39 is 11.9 Å². The molecule has 0 unspecified atom stereocenters. The Kier molecular flexibility index (Phi) is 6.14. The Morgan fingerprint density at radius 1 is 1.00 bits per heavy atom. The maximum Gasteiger partial charge on any atom is 0.331 e. The zero-order valence-corrected chi connectivity index (χ0v) is 13.6. The minimum Gasteiger partial charge on any atom is -0.457 e. The second kappa shape index (κ2) is 8.53. The summed E-state index contributed by atoms with van der Waals surface area (Å²) in [5.41, 5.74) is 1.37. The number of hydrogen-bond donors (Lipinski definition) is 1. The number of esters is 1. The predicted molar refractivity (Wildman–Crippen MR) is 92.0 cm³/mol. The zero-order valence-electron chi connectivity index (χ0n) is 13.6. The smallest absolute Gasteiger partial charge is 0.331 e. The van der Waals surface area contributed by atoms with Crippen LogP contribution in [-0.4, -0.2) is 18.5 Å². The monoisotopic (exact) mass is 325 g/mol. The van der Waals surface area contributed by atoms with Gasteiger partial charge in [0.2, 0.25) is 0 Å². The molecule has 2 rings (SSSR count). The van der Waals surface area contributed by atoms with Gasteiger partial charge in [-0.1, -0.05) is 29.8 Å². The number of anilines is 1. The van der Waals surface area contributed by atoms with Crippen molar-refractivity contribution in [3.63, 3.8) is 0 Å². The molecule has 0 aliphatic heterocycles. The first kappa shape index (κ1) is 17.3. The van der Waals surface area contributed by atoms with Crippen LogP contribution in [0.3, 0.4) is 0 Å². The van der Waals surface area contributed by atoms with Crippen molar-refractivity contribution in [1.29, 1.82) is 0 Å². The van der Waals surface area contributed by atoms with Crippen LogP contribution in [0.2, 0.25) is 0 Å². The van der Waals surface area contributed by atoms with Crippen LogP contribution in [0.1, 0.15) is 13.8 Å². The number of rotatable bonds is 6. The molecule has 0 aromatic heterocycles. The lowest BCUT2D eigenvalue weighted by atomic mass is 10.3. The average molecular weight is 325 g/mol. The van der Waals surface area contributed by atoms with Crippen molar-refractivity contribution in [3.05, 3.63) is 66.2 Å². The first-order valence-corrected chi connectivity index (χ1v) is 7.47. The number of benzene rings is 2. The highest BCUT2D eigenvalue weighted by atomic mass is 16.5. The van der Waals surface area contributed by atoms with E-state index in [0.717, 1.165) is 5.57 Å². The molecular weight excluding hydrogens is 306 g/mol. The largest absolute Gasteiger partial charge is 0.457 e. The molecule has 0 bridgehead atoms. The summed E-state index contributed by atoms with van der Waals surface area (Å²) < 4.78 is 10.6. The van der Waals surface area contributed by atoms with Gasteiger partial charge in [0.15, 0.2) is 6.61 Å². The molecule has 0 saturated carbocycles. The maximum atomic E-state index is 11.8. The SMILES string of the molecule is CC(C)=CC(=O)OCC(=O)Nc1cccc(Oc2ccccc2)c1. The minimum atomic E-state index is -0.536. The lowest BCUT2D eigenvalue weighted by Gasteiger charge is -2.09. The lowest BCUT2D eigenvalue weighted by molar-refractivity contribution is -0.142. The molecule has 1 amide bonds. The van der Waals surface area contributed by atoms with Gasteiger partial charge in [-0.2, -0.15) is 0 Å². The highest BCUT2D eigenvalue weighted by molar-refractivity contribution is 5.94. The van der Waals surface area contributed by atoms with Gasteiger partial charge in [-0.15, -0.1) is 0 Å². The fraction of sp³-hybridized carbons (Fsp3) is 0.158. The van der Waals surface area contributed by atoms with Crippen molar-refractivity contribution < 1.29 is 19.1 Å². The number of carbonyl (C=O) groups is 2. The van der Waals surface area contributed by atoms with E-state index in [4.69, 9.17) is 9.47 Å². The first-order valence-electron chi connectivity index (χ1n) is 7.47. The van der Waals surface area contributed by atoms with Crippen LogP contribution < -0.4 is 10.1 Å². The minimum absolute atomic E-state index is 0.341. The number of carbonyl (C=O) groups excluding carboxylic acids is 2. The van der Waals surface area contributed by atoms with Crippen molar-refractivity contribution in [2.45, 2.75) is 13.8 Å². The van der Waals surface area contributed by atoms with Gasteiger partial charge in [0.25, 0.3) is 5.91 Å². The van der Waals surface area contributed by atoms with Crippen LogP contribution in [0, 0.1) is 0 Å². The molecule has 0 saturated heterocycles. The highest BCUT2D eigenvalue weighted by Crippen LogP contribution is 2.23. The number of hydrogen-bond acceptors (Lipinski definition) is 4. The normalized spacial score (nSPS) is 9.75. The Balaban J connectivity index is 1.90. The fourth-order valence-corrected chi connectivity index (χ4v) is 1.87. The van der Waals surface area contributed by atoms with Gasteiger partial charge in [0.05, 0.1) is 0 Å².